The predicted octanol–water partition coefficient (Wildman–Crippen LogP) is 8.37. The van der Waals surface area contributed by atoms with Crippen molar-refractivity contribution in [3.63, 3.8) is 0 Å². The van der Waals surface area contributed by atoms with E-state index in [1.54, 1.807) is 0 Å². The Morgan fingerprint density at radius 2 is 1.21 bits per heavy atom. The van der Waals surface area contributed by atoms with Crippen LogP contribution in [0.3, 0.4) is 0 Å². The molecule has 150 valence electrons. The summed E-state index contributed by atoms with van der Waals surface area (Å²) in [6.45, 7) is 9.13. The van der Waals surface area contributed by atoms with Gasteiger partial charge in [0.25, 0.3) is 0 Å². The van der Waals surface area contributed by atoms with Gasteiger partial charge in [-0.25, -0.2) is 0 Å². The molecule has 0 nitrogen and oxygen atoms in total. The number of benzene rings is 2. The molecule has 28 heavy (non-hydrogen) atoms. The standard InChI is InChI=1S/C28H38/c1-5-7-10-24(6-2)22-28-19-15-26(16-20-28)12-9-8-11-25-13-17-27(18-14-25)21-23(3)4/h8-9,11-20,23-24H,5-7,10,21-22H2,1-4H3. The van der Waals surface area contributed by atoms with Gasteiger partial charge in [0.2, 0.25) is 0 Å². The van der Waals surface area contributed by atoms with Gasteiger partial charge in [-0.15, -0.1) is 0 Å². The van der Waals surface area contributed by atoms with E-state index in [-0.39, 0.29) is 0 Å². The first-order valence-corrected chi connectivity index (χ1v) is 11.1. The van der Waals surface area contributed by atoms with Gasteiger partial charge in [0, 0.05) is 0 Å². The molecule has 0 fully saturated rings. The number of hydrogen-bond acceptors (Lipinski definition) is 0. The monoisotopic (exact) mass is 374 g/mol. The van der Waals surface area contributed by atoms with Gasteiger partial charge >= 0.3 is 0 Å². The van der Waals surface area contributed by atoms with Gasteiger partial charge in [-0.3, -0.25) is 0 Å². The third-order valence-electron chi connectivity index (χ3n) is 5.36. The van der Waals surface area contributed by atoms with E-state index in [0.717, 1.165) is 12.3 Å². The van der Waals surface area contributed by atoms with Gasteiger partial charge in [-0.05, 0) is 46.9 Å². The van der Waals surface area contributed by atoms with Crippen LogP contribution >= 0.6 is 0 Å². The molecule has 0 N–H and O–H groups in total. The van der Waals surface area contributed by atoms with Crippen molar-refractivity contribution in [2.45, 2.75) is 66.2 Å². The van der Waals surface area contributed by atoms with E-state index in [1.165, 1.54) is 54.4 Å². The maximum atomic E-state index is 2.32. The summed E-state index contributed by atoms with van der Waals surface area (Å²) < 4.78 is 0. The molecule has 2 aromatic carbocycles. The van der Waals surface area contributed by atoms with Crippen molar-refractivity contribution in [3.05, 3.63) is 82.9 Å². The highest BCUT2D eigenvalue weighted by Gasteiger charge is 2.06. The van der Waals surface area contributed by atoms with Crippen molar-refractivity contribution in [1.29, 1.82) is 0 Å². The van der Waals surface area contributed by atoms with Crippen molar-refractivity contribution in [3.8, 4) is 0 Å². The largest absolute Gasteiger partial charge is 0.0654 e. The van der Waals surface area contributed by atoms with E-state index in [9.17, 15) is 0 Å². The van der Waals surface area contributed by atoms with Crippen LogP contribution in [0.2, 0.25) is 0 Å². The van der Waals surface area contributed by atoms with Gasteiger partial charge in [-0.2, -0.15) is 0 Å². The van der Waals surface area contributed by atoms with Crippen LogP contribution in [0.4, 0.5) is 0 Å². The zero-order valence-electron chi connectivity index (χ0n) is 18.3. The molecule has 2 aromatic rings. The molecule has 0 heteroatoms. The molecule has 0 heterocycles. The quantitative estimate of drug-likeness (QED) is 0.346. The topological polar surface area (TPSA) is 0 Å². The Morgan fingerprint density at radius 1 is 0.714 bits per heavy atom. The third kappa shape index (κ3) is 8.30. The SMILES string of the molecule is CCCCC(CC)Cc1ccc(C=CC=Cc2ccc(CC(C)C)cc2)cc1. The molecule has 0 saturated heterocycles. The fourth-order valence-electron chi connectivity index (χ4n) is 3.61. The van der Waals surface area contributed by atoms with E-state index in [1.807, 2.05) is 0 Å². The molecule has 1 unspecified atom stereocenters. The van der Waals surface area contributed by atoms with Gasteiger partial charge in [0.15, 0.2) is 0 Å². The van der Waals surface area contributed by atoms with E-state index in [4.69, 9.17) is 0 Å². The van der Waals surface area contributed by atoms with E-state index >= 15 is 0 Å². The highest BCUT2D eigenvalue weighted by Crippen LogP contribution is 2.19. The Hall–Kier alpha value is -2.08. The molecule has 0 bridgehead atoms. The van der Waals surface area contributed by atoms with Crippen LogP contribution < -0.4 is 0 Å². The second-order valence-electron chi connectivity index (χ2n) is 8.42. The van der Waals surface area contributed by atoms with E-state index in [2.05, 4.69) is 101 Å². The molecule has 0 aliphatic heterocycles. The summed E-state index contributed by atoms with van der Waals surface area (Å²) >= 11 is 0. The first-order chi connectivity index (χ1) is 13.6. The van der Waals surface area contributed by atoms with Gasteiger partial charge in [0.1, 0.15) is 0 Å². The van der Waals surface area contributed by atoms with E-state index < -0.39 is 0 Å². The van der Waals surface area contributed by atoms with Crippen molar-refractivity contribution in [2.24, 2.45) is 11.8 Å². The second kappa shape index (κ2) is 12.4. The lowest BCUT2D eigenvalue weighted by Gasteiger charge is -2.14. The van der Waals surface area contributed by atoms with E-state index in [0.29, 0.717) is 5.92 Å². The summed E-state index contributed by atoms with van der Waals surface area (Å²) in [6.07, 6.45) is 16.3. The summed E-state index contributed by atoms with van der Waals surface area (Å²) in [5, 5.41) is 0. The van der Waals surface area contributed by atoms with Gasteiger partial charge in [0.05, 0.1) is 0 Å². The fraction of sp³-hybridized carbons (Fsp3) is 0.429. The van der Waals surface area contributed by atoms with Crippen LogP contribution in [0.5, 0.6) is 0 Å². The molecule has 2 rings (SSSR count). The molecule has 0 aliphatic rings. The van der Waals surface area contributed by atoms with Crippen LogP contribution in [-0.2, 0) is 12.8 Å². The van der Waals surface area contributed by atoms with Crippen molar-refractivity contribution in [2.75, 3.05) is 0 Å². The summed E-state index contributed by atoms with van der Waals surface area (Å²) in [6, 6.07) is 18.0. The number of rotatable bonds is 11. The second-order valence-corrected chi connectivity index (χ2v) is 8.42. The highest BCUT2D eigenvalue weighted by atomic mass is 14.1. The number of allylic oxidation sites excluding steroid dienone is 2. The lowest BCUT2D eigenvalue weighted by Crippen LogP contribution is -2.03. The van der Waals surface area contributed by atoms with Gasteiger partial charge in [-0.1, -0.05) is 126 Å². The Kier molecular flexibility index (Phi) is 9.83. The first kappa shape index (κ1) is 22.2. The highest BCUT2D eigenvalue weighted by molar-refractivity contribution is 5.57. The Labute approximate surface area is 173 Å². The minimum atomic E-state index is 0.708. The average molecular weight is 375 g/mol. The van der Waals surface area contributed by atoms with Crippen LogP contribution in [0.1, 0.15) is 75.6 Å². The summed E-state index contributed by atoms with van der Waals surface area (Å²) in [5.74, 6) is 1.54. The zero-order chi connectivity index (χ0) is 20.2. The summed E-state index contributed by atoms with van der Waals surface area (Å²) in [5.41, 5.74) is 5.41. The molecular formula is C28H38. The molecule has 0 saturated carbocycles. The predicted molar refractivity (Wildman–Crippen MR) is 127 cm³/mol. The lowest BCUT2D eigenvalue weighted by atomic mass is 9.92. The molecule has 1 atom stereocenters. The molecular weight excluding hydrogens is 336 g/mol. The van der Waals surface area contributed by atoms with Crippen LogP contribution in [0.15, 0.2) is 60.7 Å². The maximum Gasteiger partial charge on any atom is -0.0250 e. The average Bonchev–Trinajstić information content (AvgIpc) is 2.70. The summed E-state index contributed by atoms with van der Waals surface area (Å²) in [7, 11) is 0. The number of unbranched alkanes of at least 4 members (excludes halogenated alkanes) is 1. The molecule has 0 aliphatic carbocycles. The smallest absolute Gasteiger partial charge is 0.0250 e. The third-order valence-corrected chi connectivity index (χ3v) is 5.36. The maximum absolute atomic E-state index is 2.32. The molecule has 0 aromatic heterocycles. The Morgan fingerprint density at radius 3 is 1.64 bits per heavy atom. The Bertz CT molecular complexity index is 714. The van der Waals surface area contributed by atoms with Gasteiger partial charge < -0.3 is 0 Å². The van der Waals surface area contributed by atoms with Crippen LogP contribution in [0, 0.1) is 11.8 Å². The lowest BCUT2D eigenvalue weighted by molar-refractivity contribution is 0.449. The van der Waals surface area contributed by atoms with Crippen molar-refractivity contribution < 1.29 is 0 Å². The minimum absolute atomic E-state index is 0.708. The van der Waals surface area contributed by atoms with Crippen molar-refractivity contribution in [1.82, 2.24) is 0 Å². The molecule has 0 amide bonds. The normalized spacial score (nSPS) is 13.0. The minimum Gasteiger partial charge on any atom is -0.0654 e. The fourth-order valence-corrected chi connectivity index (χ4v) is 3.61. The summed E-state index contributed by atoms with van der Waals surface area (Å²) in [4.78, 5) is 0. The van der Waals surface area contributed by atoms with Crippen LogP contribution in [-0.4, -0.2) is 0 Å². The molecule has 0 radical (unpaired) electrons. The Balaban J connectivity index is 1.85. The zero-order valence-corrected chi connectivity index (χ0v) is 18.3. The van der Waals surface area contributed by atoms with Crippen LogP contribution in [0.25, 0.3) is 12.2 Å². The molecule has 0 spiro atoms. The number of hydrogen-bond donors (Lipinski definition) is 0. The first-order valence-electron chi connectivity index (χ1n) is 11.1. The van der Waals surface area contributed by atoms with Crippen molar-refractivity contribution >= 4 is 12.2 Å².